The van der Waals surface area contributed by atoms with Gasteiger partial charge in [-0.3, -0.25) is 4.79 Å². The summed E-state index contributed by atoms with van der Waals surface area (Å²) in [4.78, 5) is 21.7. The highest BCUT2D eigenvalue weighted by atomic mass is 32.2. The minimum Gasteiger partial charge on any atom is -0.494 e. The molecule has 2 heterocycles. The Morgan fingerprint density at radius 1 is 1.42 bits per heavy atom. The molecule has 2 aromatic heterocycles. The summed E-state index contributed by atoms with van der Waals surface area (Å²) in [5, 5.41) is 4.83. The van der Waals surface area contributed by atoms with Crippen LogP contribution in [-0.2, 0) is 11.3 Å². The fourth-order valence-corrected chi connectivity index (χ4v) is 3.76. The quantitative estimate of drug-likeness (QED) is 0.651. The fourth-order valence-electron chi connectivity index (χ4n) is 2.28. The molecule has 126 valence electrons. The zero-order valence-electron chi connectivity index (χ0n) is 13.6. The lowest BCUT2D eigenvalue weighted by Gasteiger charge is -2.15. The number of imidazole rings is 1. The lowest BCUT2D eigenvalue weighted by Crippen LogP contribution is -2.27. The standard InChI is InChI=1S/C17H19N3O2S2/c1-3-22-13-4-5-14-15(8-13)19-17(18-14)24-11-16(21)20(2)9-12-6-7-23-10-12/h4-8,10H,3,9,11H2,1-2H3,(H,18,19). The number of nitrogens with zero attached hydrogens (tertiary/aromatic N) is 2. The molecule has 0 saturated heterocycles. The summed E-state index contributed by atoms with van der Waals surface area (Å²) in [7, 11) is 1.83. The van der Waals surface area contributed by atoms with E-state index in [-0.39, 0.29) is 5.91 Å². The van der Waals surface area contributed by atoms with Gasteiger partial charge >= 0.3 is 0 Å². The molecule has 0 aliphatic heterocycles. The Labute approximate surface area is 149 Å². The molecule has 1 aromatic carbocycles. The van der Waals surface area contributed by atoms with Crippen LogP contribution in [0.1, 0.15) is 12.5 Å². The van der Waals surface area contributed by atoms with Gasteiger partial charge in [0, 0.05) is 19.7 Å². The first-order valence-corrected chi connectivity index (χ1v) is 9.59. The second-order valence-electron chi connectivity index (χ2n) is 5.32. The third-order valence-corrected chi connectivity index (χ3v) is 5.09. The maximum Gasteiger partial charge on any atom is 0.233 e. The van der Waals surface area contributed by atoms with Crippen molar-refractivity contribution in [3.05, 3.63) is 40.6 Å². The molecule has 1 amide bonds. The number of ether oxygens (including phenoxy) is 1. The molecule has 0 saturated carbocycles. The molecule has 1 N–H and O–H groups in total. The second-order valence-corrected chi connectivity index (χ2v) is 7.07. The number of aromatic nitrogens is 2. The van der Waals surface area contributed by atoms with Crippen LogP contribution in [0.2, 0.25) is 0 Å². The highest BCUT2D eigenvalue weighted by Crippen LogP contribution is 2.23. The van der Waals surface area contributed by atoms with E-state index in [4.69, 9.17) is 4.74 Å². The van der Waals surface area contributed by atoms with Crippen molar-refractivity contribution in [1.29, 1.82) is 0 Å². The largest absolute Gasteiger partial charge is 0.494 e. The highest BCUT2D eigenvalue weighted by Gasteiger charge is 2.12. The molecule has 3 aromatic rings. The number of hydrogen-bond acceptors (Lipinski definition) is 5. The van der Waals surface area contributed by atoms with E-state index in [1.54, 1.807) is 16.2 Å². The molecule has 0 fully saturated rings. The smallest absolute Gasteiger partial charge is 0.233 e. The first kappa shape index (κ1) is 16.9. The van der Waals surface area contributed by atoms with Crippen molar-refractivity contribution in [1.82, 2.24) is 14.9 Å². The summed E-state index contributed by atoms with van der Waals surface area (Å²) in [5.41, 5.74) is 2.95. The fraction of sp³-hybridized carbons (Fsp3) is 0.294. The summed E-state index contributed by atoms with van der Waals surface area (Å²) in [5.74, 6) is 1.26. The van der Waals surface area contributed by atoms with Gasteiger partial charge in [0.05, 0.1) is 23.4 Å². The summed E-state index contributed by atoms with van der Waals surface area (Å²) in [6.07, 6.45) is 0. The van der Waals surface area contributed by atoms with E-state index in [2.05, 4.69) is 15.3 Å². The monoisotopic (exact) mass is 361 g/mol. The molecule has 3 rings (SSSR count). The normalized spacial score (nSPS) is 10.9. The number of rotatable bonds is 7. The van der Waals surface area contributed by atoms with Crippen molar-refractivity contribution < 1.29 is 9.53 Å². The number of thioether (sulfide) groups is 1. The SMILES string of the molecule is CCOc1ccc2nc(SCC(=O)N(C)Cc3ccsc3)[nH]c2c1. The Bertz CT molecular complexity index is 814. The number of amides is 1. The molecule has 5 nitrogen and oxygen atoms in total. The van der Waals surface area contributed by atoms with Gasteiger partial charge in [-0.15, -0.1) is 0 Å². The van der Waals surface area contributed by atoms with Crippen molar-refractivity contribution in [2.45, 2.75) is 18.6 Å². The number of aromatic amines is 1. The number of fused-ring (bicyclic) bond motifs is 1. The van der Waals surface area contributed by atoms with Crippen LogP contribution in [0.5, 0.6) is 5.75 Å². The van der Waals surface area contributed by atoms with Crippen LogP contribution in [0.4, 0.5) is 0 Å². The Morgan fingerprint density at radius 2 is 2.29 bits per heavy atom. The van der Waals surface area contributed by atoms with Crippen LogP contribution >= 0.6 is 23.1 Å². The van der Waals surface area contributed by atoms with E-state index in [9.17, 15) is 4.79 Å². The first-order valence-electron chi connectivity index (χ1n) is 7.66. The molecule has 0 bridgehead atoms. The van der Waals surface area contributed by atoms with E-state index in [0.29, 0.717) is 18.9 Å². The number of carbonyl (C=O) groups is 1. The van der Waals surface area contributed by atoms with Crippen molar-refractivity contribution in [2.24, 2.45) is 0 Å². The zero-order valence-corrected chi connectivity index (χ0v) is 15.2. The van der Waals surface area contributed by atoms with E-state index >= 15 is 0 Å². The third kappa shape index (κ3) is 4.10. The second kappa shape index (κ2) is 7.72. The van der Waals surface area contributed by atoms with Crippen LogP contribution in [0, 0.1) is 0 Å². The molecule has 0 atom stereocenters. The summed E-state index contributed by atoms with van der Waals surface area (Å²) >= 11 is 3.06. The molecule has 0 spiro atoms. The van der Waals surface area contributed by atoms with Gasteiger partial charge in [0.2, 0.25) is 5.91 Å². The van der Waals surface area contributed by atoms with Crippen molar-refractivity contribution in [3.8, 4) is 5.75 Å². The molecular formula is C17H19N3O2S2. The summed E-state index contributed by atoms with van der Waals surface area (Å²) in [6, 6.07) is 7.80. The van der Waals surface area contributed by atoms with Crippen molar-refractivity contribution >= 4 is 40.0 Å². The Balaban J connectivity index is 1.59. The Kier molecular flexibility index (Phi) is 5.42. The molecule has 0 unspecified atom stereocenters. The molecule has 0 aliphatic carbocycles. The van der Waals surface area contributed by atoms with Gasteiger partial charge in [-0.1, -0.05) is 11.8 Å². The first-order chi connectivity index (χ1) is 11.7. The molecule has 7 heteroatoms. The van der Waals surface area contributed by atoms with Gasteiger partial charge in [0.25, 0.3) is 0 Å². The van der Waals surface area contributed by atoms with E-state index < -0.39 is 0 Å². The van der Waals surface area contributed by atoms with Gasteiger partial charge in [-0.05, 0) is 41.4 Å². The minimum atomic E-state index is 0.0849. The number of nitrogens with one attached hydrogen (secondary N) is 1. The average Bonchev–Trinajstić information content (AvgIpc) is 3.21. The molecule has 0 radical (unpaired) electrons. The predicted octanol–water partition coefficient (Wildman–Crippen LogP) is 3.77. The minimum absolute atomic E-state index is 0.0849. The molecule has 24 heavy (non-hydrogen) atoms. The van der Waals surface area contributed by atoms with Gasteiger partial charge < -0.3 is 14.6 Å². The van der Waals surface area contributed by atoms with E-state index in [1.165, 1.54) is 11.8 Å². The van der Waals surface area contributed by atoms with Crippen LogP contribution in [-0.4, -0.2) is 40.2 Å². The Morgan fingerprint density at radius 3 is 3.04 bits per heavy atom. The van der Waals surface area contributed by atoms with Crippen molar-refractivity contribution in [3.63, 3.8) is 0 Å². The van der Waals surface area contributed by atoms with Gasteiger partial charge in [-0.25, -0.2) is 4.98 Å². The Hall–Kier alpha value is -1.99. The van der Waals surface area contributed by atoms with Gasteiger partial charge in [-0.2, -0.15) is 11.3 Å². The zero-order chi connectivity index (χ0) is 16.9. The number of H-pyrrole nitrogens is 1. The lowest BCUT2D eigenvalue weighted by molar-refractivity contribution is -0.127. The van der Waals surface area contributed by atoms with Crippen LogP contribution < -0.4 is 4.74 Å². The van der Waals surface area contributed by atoms with Crippen LogP contribution in [0.3, 0.4) is 0 Å². The summed E-state index contributed by atoms with van der Waals surface area (Å²) in [6.45, 7) is 3.23. The van der Waals surface area contributed by atoms with E-state index in [1.807, 2.05) is 43.6 Å². The predicted molar refractivity (Wildman–Crippen MR) is 98.8 cm³/mol. The van der Waals surface area contributed by atoms with Crippen molar-refractivity contribution in [2.75, 3.05) is 19.4 Å². The average molecular weight is 361 g/mol. The maximum absolute atomic E-state index is 12.2. The lowest BCUT2D eigenvalue weighted by atomic mass is 10.3. The third-order valence-electron chi connectivity index (χ3n) is 3.50. The topological polar surface area (TPSA) is 58.2 Å². The molecular weight excluding hydrogens is 342 g/mol. The van der Waals surface area contributed by atoms with E-state index in [0.717, 1.165) is 27.5 Å². The number of thiophene rings is 1. The number of carbonyl (C=O) groups excluding carboxylic acids is 1. The number of benzene rings is 1. The van der Waals surface area contributed by atoms with Crippen LogP contribution in [0.25, 0.3) is 11.0 Å². The van der Waals surface area contributed by atoms with Crippen LogP contribution in [0.15, 0.2) is 40.2 Å². The highest BCUT2D eigenvalue weighted by molar-refractivity contribution is 7.99. The van der Waals surface area contributed by atoms with Gasteiger partial charge in [0.15, 0.2) is 5.16 Å². The maximum atomic E-state index is 12.2. The van der Waals surface area contributed by atoms with Gasteiger partial charge in [0.1, 0.15) is 5.75 Å². The number of hydrogen-bond donors (Lipinski definition) is 1. The molecule has 0 aliphatic rings. The summed E-state index contributed by atoms with van der Waals surface area (Å²) < 4.78 is 5.49.